The number of carbonyl (C=O) groups is 4. The zero-order valence-electron chi connectivity index (χ0n) is 35.0. The summed E-state index contributed by atoms with van der Waals surface area (Å²) in [6.45, 7) is -0.205. The molecule has 0 aliphatic carbocycles. The largest absolute Gasteiger partial charge is 0.387 e. The van der Waals surface area contributed by atoms with Gasteiger partial charge in [-0.25, -0.2) is 0 Å². The lowest BCUT2D eigenvalue weighted by Gasteiger charge is -2.19. The van der Waals surface area contributed by atoms with Crippen LogP contribution in [0.1, 0.15) is 82.6 Å². The quantitative estimate of drug-likeness (QED) is 0.120. The van der Waals surface area contributed by atoms with Gasteiger partial charge in [0.25, 0.3) is 60.7 Å². The van der Waals surface area contributed by atoms with Gasteiger partial charge >= 0.3 is 0 Å². The van der Waals surface area contributed by atoms with E-state index in [1.165, 1.54) is 48.5 Å². The molecule has 0 saturated carbocycles. The number of benzene rings is 2. The second-order valence-corrected chi connectivity index (χ2v) is 26.3. The van der Waals surface area contributed by atoms with Gasteiger partial charge in [-0.05, 0) is 61.5 Å². The van der Waals surface area contributed by atoms with Crippen LogP contribution in [-0.4, -0.2) is 155 Å². The second-order valence-electron chi connectivity index (χ2n) is 15.5. The fourth-order valence-electron chi connectivity index (χ4n) is 7.47. The first-order valence-corrected chi connectivity index (χ1v) is 29.0. The molecular weight excluding hydrogens is 1030 g/mol. The Labute approximate surface area is 391 Å². The molecule has 0 aromatic heterocycles. The van der Waals surface area contributed by atoms with E-state index in [-0.39, 0.29) is 89.3 Å². The molecule has 0 radical (unpaired) electrons. The van der Waals surface area contributed by atoms with Gasteiger partial charge in [-0.1, -0.05) is 48.5 Å². The van der Waals surface area contributed by atoms with Gasteiger partial charge in [-0.2, -0.15) is 50.5 Å². The summed E-state index contributed by atoms with van der Waals surface area (Å²) in [5, 5.41) is 13.1. The lowest BCUT2D eigenvalue weighted by atomic mass is 9.99. The van der Waals surface area contributed by atoms with Crippen molar-refractivity contribution in [1.29, 1.82) is 0 Å². The van der Waals surface area contributed by atoms with Gasteiger partial charge in [-0.15, -0.1) is 0 Å². The maximum atomic E-state index is 12.2. The molecule has 2 aromatic rings. The number of hydrogen-bond acceptors (Lipinski definition) is 24. The zero-order valence-corrected chi connectivity index (χ0v) is 39.9. The summed E-state index contributed by atoms with van der Waals surface area (Å²) in [6, 6.07) is 11.1. The highest BCUT2D eigenvalue weighted by Gasteiger charge is 2.44. The van der Waals surface area contributed by atoms with Gasteiger partial charge in [0.05, 0.1) is 51.8 Å². The summed E-state index contributed by atoms with van der Waals surface area (Å²) >= 11 is 0. The van der Waals surface area contributed by atoms with Crippen LogP contribution in [0.25, 0.3) is 0 Å². The molecule has 6 heterocycles. The Morgan fingerprint density at radius 3 is 0.882 bits per heavy atom. The first kappa shape index (κ1) is 53.4. The van der Waals surface area contributed by atoms with Crippen molar-refractivity contribution in [3.05, 3.63) is 70.8 Å². The van der Waals surface area contributed by atoms with Gasteiger partial charge in [0.1, 0.15) is 10.5 Å². The highest BCUT2D eigenvalue weighted by Crippen LogP contribution is 2.34. The van der Waals surface area contributed by atoms with Crippen LogP contribution in [0.5, 0.6) is 0 Å². The summed E-state index contributed by atoms with van der Waals surface area (Å²) in [4.78, 5) is 47.6. The highest BCUT2D eigenvalue weighted by molar-refractivity contribution is 7.89. The predicted molar refractivity (Wildman–Crippen MR) is 229 cm³/mol. The van der Waals surface area contributed by atoms with Crippen molar-refractivity contribution in [2.24, 2.45) is 0 Å². The number of carbonyl (C=O) groups excluding carboxylic acids is 4. The number of rotatable bonds is 10. The molecule has 6 aliphatic rings. The number of aliphatic hydroxyl groups is 2. The van der Waals surface area contributed by atoms with Crippen LogP contribution in [0.2, 0.25) is 0 Å². The zero-order chi connectivity index (χ0) is 50.0. The molecule has 8 atom stereocenters. The lowest BCUT2D eigenvalue weighted by Crippen LogP contribution is -2.27. The molecule has 68 heavy (non-hydrogen) atoms. The molecule has 2 N–H and O–H groups in total. The van der Waals surface area contributed by atoms with Gasteiger partial charge < -0.3 is 10.2 Å². The number of hydrogen-bond donors (Lipinski definition) is 2. The van der Waals surface area contributed by atoms with E-state index in [1.54, 1.807) is 0 Å². The molecule has 0 bridgehead atoms. The molecule has 0 spiro atoms. The summed E-state index contributed by atoms with van der Waals surface area (Å²) in [5.74, 6) is 0.579. The molecule has 30 heteroatoms. The number of aliphatic hydroxyl groups excluding tert-OH is 2. The normalized spacial score (nSPS) is 29.7. The van der Waals surface area contributed by atoms with Crippen LogP contribution in [0.15, 0.2) is 48.5 Å². The molecule has 6 saturated heterocycles. The highest BCUT2D eigenvalue weighted by atomic mass is 32.2. The summed E-state index contributed by atoms with van der Waals surface area (Å²) in [7, 11) is -23.3. The topological polar surface area (TPSA) is 369 Å². The van der Waals surface area contributed by atoms with Crippen molar-refractivity contribution >= 4 is 83.8 Å². The SMILES string of the molecule is O=C(C#CC(=O)C1CCOS1(=O)=O)C1CCOS1(=O)=O.O=C(c1ccc(C(=O)C2CCOS2(=O)=O)cc1)C1CCOS1(=O)=O.O=S1(=O)OCCC1C(O)c1ccc(C(O)C2CCOS2(=O)=O)cc1. The third-order valence-corrected chi connectivity index (χ3v) is 21.2. The smallest absolute Gasteiger partial charge is 0.278 e. The third kappa shape index (κ3) is 12.0. The lowest BCUT2D eigenvalue weighted by molar-refractivity contribution is -0.115. The fraction of sp³-hybridized carbons (Fsp3) is 0.526. The molecule has 374 valence electrons. The van der Waals surface area contributed by atoms with Crippen molar-refractivity contribution in [3.63, 3.8) is 0 Å². The van der Waals surface area contributed by atoms with Gasteiger partial charge in [-0.3, -0.25) is 44.3 Å². The molecular formula is C38H42O24S6. The van der Waals surface area contributed by atoms with E-state index in [9.17, 15) is 79.9 Å². The van der Waals surface area contributed by atoms with Crippen molar-refractivity contribution in [2.75, 3.05) is 39.6 Å². The van der Waals surface area contributed by atoms with E-state index in [2.05, 4.69) is 25.1 Å². The van der Waals surface area contributed by atoms with Crippen LogP contribution in [0, 0.1) is 11.8 Å². The molecule has 8 rings (SSSR count). The molecule has 6 fully saturated rings. The first-order chi connectivity index (χ1) is 31.7. The first-order valence-electron chi connectivity index (χ1n) is 20.2. The van der Waals surface area contributed by atoms with Crippen LogP contribution < -0.4 is 0 Å². The van der Waals surface area contributed by atoms with E-state index >= 15 is 0 Å². The van der Waals surface area contributed by atoms with Gasteiger partial charge in [0.15, 0.2) is 32.6 Å². The third-order valence-electron chi connectivity index (χ3n) is 11.2. The predicted octanol–water partition coefficient (Wildman–Crippen LogP) is -1.35. The molecule has 6 aliphatic heterocycles. The Bertz CT molecular complexity index is 2840. The fourth-order valence-corrected chi connectivity index (χ4v) is 15.1. The number of ketones is 4. The monoisotopic (exact) mass is 1070 g/mol. The van der Waals surface area contributed by atoms with E-state index in [0.29, 0.717) is 11.1 Å². The van der Waals surface area contributed by atoms with E-state index in [1.807, 2.05) is 11.8 Å². The standard InChI is InChI=1S/C14H18O8S2.C14H14O8S2.C10H10O8S2/c2*15-13(11-5-7-21-23(11,17)18)9-1-2-10(4-3-9)14(16)12-6-8-22-24(12,19)20;11-7(9-3-5-17-19(9,13)14)1-2-8(12)10-4-6-18-20(10,15)16/h1-4,11-16H,5-8H2;1-4,11-12H,5-8H2;9-10H,3-6H2. The minimum Gasteiger partial charge on any atom is -0.387 e. The van der Waals surface area contributed by atoms with Gasteiger partial charge in [0.2, 0.25) is 11.6 Å². The number of Topliss-reactive ketones (excluding diaryl/α,β-unsaturated/α-hetero) is 4. The van der Waals surface area contributed by atoms with Crippen molar-refractivity contribution in [1.82, 2.24) is 0 Å². The average Bonchev–Trinajstić information content (AvgIpc) is 4.14. The molecule has 0 amide bonds. The summed E-state index contributed by atoms with van der Waals surface area (Å²) in [5.41, 5.74) is 0.957. The van der Waals surface area contributed by atoms with E-state index in [4.69, 9.17) is 0 Å². The van der Waals surface area contributed by atoms with Crippen molar-refractivity contribution in [2.45, 2.75) is 82.2 Å². The van der Waals surface area contributed by atoms with Crippen LogP contribution in [0.3, 0.4) is 0 Å². The maximum absolute atomic E-state index is 12.2. The minimum atomic E-state index is -3.98. The van der Waals surface area contributed by atoms with E-state index < -0.39 is 128 Å². The van der Waals surface area contributed by atoms with Crippen LogP contribution >= 0.6 is 0 Å². The van der Waals surface area contributed by atoms with Crippen LogP contribution in [0.4, 0.5) is 0 Å². The average molecular weight is 1080 g/mol. The second kappa shape index (κ2) is 20.8. The molecule has 2 aromatic carbocycles. The minimum absolute atomic E-state index is 0.0329. The Kier molecular flexibility index (Phi) is 16.3. The van der Waals surface area contributed by atoms with Crippen LogP contribution in [-0.2, 0) is 95.4 Å². The van der Waals surface area contributed by atoms with E-state index in [0.717, 1.165) is 0 Å². The Morgan fingerprint density at radius 1 is 0.397 bits per heavy atom. The Hall–Kier alpha value is -3.94. The van der Waals surface area contributed by atoms with Gasteiger partial charge in [0, 0.05) is 11.1 Å². The maximum Gasteiger partial charge on any atom is 0.278 e. The molecule has 24 nitrogen and oxygen atoms in total. The molecule has 8 unspecified atom stereocenters. The van der Waals surface area contributed by atoms with Crippen molar-refractivity contribution < 1.29 is 105 Å². The Morgan fingerprint density at radius 2 is 0.647 bits per heavy atom. The Balaban J connectivity index is 0.000000169. The summed E-state index contributed by atoms with van der Waals surface area (Å²) < 4.78 is 166. The summed E-state index contributed by atoms with van der Waals surface area (Å²) in [6.07, 6.45) is -2.00. The van der Waals surface area contributed by atoms with Crippen molar-refractivity contribution in [3.8, 4) is 11.8 Å².